The van der Waals surface area contributed by atoms with Gasteiger partial charge in [-0.05, 0) is 25.2 Å². The molecule has 2 aromatic carbocycles. The monoisotopic (exact) mass is 334 g/mol. The zero-order chi connectivity index (χ0) is 17.8. The third-order valence-electron chi connectivity index (χ3n) is 4.38. The van der Waals surface area contributed by atoms with Crippen molar-refractivity contribution < 1.29 is 9.53 Å². The van der Waals surface area contributed by atoms with Crippen LogP contribution >= 0.6 is 0 Å². The summed E-state index contributed by atoms with van der Waals surface area (Å²) in [6, 6.07) is 17.9. The van der Waals surface area contributed by atoms with Gasteiger partial charge in [-0.1, -0.05) is 55.5 Å². The SMILES string of the molecule is CCN(C)Cc1nc2ccccc2c(-c2ccccc2)c1C(=O)OC. The first-order valence-corrected chi connectivity index (χ1v) is 8.39. The highest BCUT2D eigenvalue weighted by Crippen LogP contribution is 2.34. The summed E-state index contributed by atoms with van der Waals surface area (Å²) in [6.07, 6.45) is 0. The minimum absolute atomic E-state index is 0.350. The first-order valence-electron chi connectivity index (χ1n) is 8.39. The van der Waals surface area contributed by atoms with E-state index in [1.54, 1.807) is 0 Å². The lowest BCUT2D eigenvalue weighted by Gasteiger charge is -2.19. The second-order valence-corrected chi connectivity index (χ2v) is 6.01. The van der Waals surface area contributed by atoms with Crippen molar-refractivity contribution in [2.75, 3.05) is 20.7 Å². The van der Waals surface area contributed by atoms with E-state index in [1.807, 2.05) is 61.6 Å². The lowest BCUT2D eigenvalue weighted by molar-refractivity contribution is 0.0599. The number of aromatic nitrogens is 1. The Balaban J connectivity index is 2.37. The predicted molar refractivity (Wildman–Crippen MR) is 101 cm³/mol. The van der Waals surface area contributed by atoms with Crippen LogP contribution in [0.15, 0.2) is 54.6 Å². The van der Waals surface area contributed by atoms with Crippen molar-refractivity contribution in [1.29, 1.82) is 0 Å². The van der Waals surface area contributed by atoms with Crippen LogP contribution in [0.2, 0.25) is 0 Å². The van der Waals surface area contributed by atoms with Gasteiger partial charge in [0, 0.05) is 17.5 Å². The number of pyridine rings is 1. The molecule has 0 spiro atoms. The van der Waals surface area contributed by atoms with E-state index in [0.717, 1.165) is 34.3 Å². The Morgan fingerprint density at radius 3 is 2.44 bits per heavy atom. The van der Waals surface area contributed by atoms with E-state index in [-0.39, 0.29) is 5.97 Å². The third-order valence-corrected chi connectivity index (χ3v) is 4.38. The molecule has 0 radical (unpaired) electrons. The average Bonchev–Trinajstić information content (AvgIpc) is 2.66. The molecule has 128 valence electrons. The van der Waals surface area contributed by atoms with Crippen molar-refractivity contribution in [2.45, 2.75) is 13.5 Å². The van der Waals surface area contributed by atoms with Crippen molar-refractivity contribution in [3.63, 3.8) is 0 Å². The largest absolute Gasteiger partial charge is 0.465 e. The van der Waals surface area contributed by atoms with Gasteiger partial charge < -0.3 is 9.64 Å². The number of fused-ring (bicyclic) bond motifs is 1. The molecule has 3 rings (SSSR count). The normalized spacial score (nSPS) is 11.0. The Morgan fingerprint density at radius 1 is 1.08 bits per heavy atom. The van der Waals surface area contributed by atoms with Crippen molar-refractivity contribution in [3.05, 3.63) is 65.9 Å². The van der Waals surface area contributed by atoms with E-state index in [4.69, 9.17) is 9.72 Å². The summed E-state index contributed by atoms with van der Waals surface area (Å²) in [5.74, 6) is -0.350. The molecule has 0 bridgehead atoms. The number of ether oxygens (including phenoxy) is 1. The maximum atomic E-state index is 12.7. The molecule has 1 aromatic heterocycles. The number of rotatable bonds is 5. The predicted octanol–water partition coefficient (Wildman–Crippen LogP) is 4.14. The molecule has 4 heteroatoms. The van der Waals surface area contributed by atoms with Gasteiger partial charge in [0.25, 0.3) is 0 Å². The third kappa shape index (κ3) is 3.39. The highest BCUT2D eigenvalue weighted by Gasteiger charge is 2.23. The molecular weight excluding hydrogens is 312 g/mol. The molecule has 0 fully saturated rings. The molecule has 0 saturated carbocycles. The number of benzene rings is 2. The number of hydrogen-bond donors (Lipinski definition) is 0. The minimum atomic E-state index is -0.350. The Labute approximate surface area is 148 Å². The Morgan fingerprint density at radius 2 is 1.76 bits per heavy atom. The number of nitrogens with zero attached hydrogens (tertiary/aromatic N) is 2. The van der Waals surface area contributed by atoms with E-state index in [0.29, 0.717) is 12.1 Å². The summed E-state index contributed by atoms with van der Waals surface area (Å²) in [5.41, 5.74) is 4.05. The van der Waals surface area contributed by atoms with Crippen molar-refractivity contribution in [2.24, 2.45) is 0 Å². The molecule has 0 aliphatic carbocycles. The number of esters is 1. The fourth-order valence-electron chi connectivity index (χ4n) is 2.97. The molecule has 4 nitrogen and oxygen atoms in total. The minimum Gasteiger partial charge on any atom is -0.465 e. The van der Waals surface area contributed by atoms with Crippen LogP contribution in [-0.2, 0) is 11.3 Å². The van der Waals surface area contributed by atoms with Crippen LogP contribution in [0.5, 0.6) is 0 Å². The molecular formula is C21H22N2O2. The zero-order valence-electron chi connectivity index (χ0n) is 14.8. The summed E-state index contributed by atoms with van der Waals surface area (Å²) in [6.45, 7) is 3.54. The number of methoxy groups -OCH3 is 1. The maximum Gasteiger partial charge on any atom is 0.340 e. The van der Waals surface area contributed by atoms with Crippen LogP contribution < -0.4 is 0 Å². The topological polar surface area (TPSA) is 42.4 Å². The molecule has 0 aliphatic rings. The molecule has 0 aliphatic heterocycles. The molecule has 0 saturated heterocycles. The van der Waals surface area contributed by atoms with Crippen molar-refractivity contribution in [3.8, 4) is 11.1 Å². The smallest absolute Gasteiger partial charge is 0.340 e. The van der Waals surface area contributed by atoms with E-state index in [2.05, 4.69) is 11.8 Å². The van der Waals surface area contributed by atoms with Crippen LogP contribution in [0, 0.1) is 0 Å². The van der Waals surface area contributed by atoms with E-state index in [9.17, 15) is 4.79 Å². The highest BCUT2D eigenvalue weighted by atomic mass is 16.5. The lowest BCUT2D eigenvalue weighted by Crippen LogP contribution is -2.21. The standard InChI is InChI=1S/C21H22N2O2/c1-4-23(2)14-18-20(21(24)25-3)19(15-10-6-5-7-11-15)16-12-8-9-13-17(16)22-18/h5-13H,4,14H2,1-3H3. The summed E-state index contributed by atoms with van der Waals surface area (Å²) in [5, 5.41) is 0.956. The molecule has 0 atom stereocenters. The van der Waals surface area contributed by atoms with Crippen LogP contribution in [0.4, 0.5) is 0 Å². The number of para-hydroxylation sites is 1. The molecule has 0 amide bonds. The zero-order valence-corrected chi connectivity index (χ0v) is 14.8. The molecule has 25 heavy (non-hydrogen) atoms. The number of carbonyl (C=O) groups is 1. The van der Waals surface area contributed by atoms with E-state index >= 15 is 0 Å². The van der Waals surface area contributed by atoms with Gasteiger partial charge in [-0.2, -0.15) is 0 Å². The van der Waals surface area contributed by atoms with Gasteiger partial charge in [0.1, 0.15) is 0 Å². The second-order valence-electron chi connectivity index (χ2n) is 6.01. The Hall–Kier alpha value is -2.72. The fourth-order valence-corrected chi connectivity index (χ4v) is 2.97. The van der Waals surface area contributed by atoms with Crippen LogP contribution in [0.25, 0.3) is 22.0 Å². The molecule has 0 N–H and O–H groups in total. The quantitative estimate of drug-likeness (QED) is 0.658. The van der Waals surface area contributed by atoms with Crippen LogP contribution in [0.1, 0.15) is 23.0 Å². The van der Waals surface area contributed by atoms with Crippen molar-refractivity contribution in [1.82, 2.24) is 9.88 Å². The van der Waals surface area contributed by atoms with Crippen LogP contribution in [0.3, 0.4) is 0 Å². The second kappa shape index (κ2) is 7.45. The summed E-state index contributed by atoms with van der Waals surface area (Å²) in [4.78, 5) is 19.6. The molecule has 0 unspecified atom stereocenters. The van der Waals surface area contributed by atoms with Gasteiger partial charge in [-0.25, -0.2) is 4.79 Å². The Kier molecular flexibility index (Phi) is 5.10. The molecule has 3 aromatic rings. The first kappa shape index (κ1) is 17.1. The lowest BCUT2D eigenvalue weighted by atomic mass is 9.94. The fraction of sp³-hybridized carbons (Fsp3) is 0.238. The first-order chi connectivity index (χ1) is 12.2. The number of hydrogen-bond acceptors (Lipinski definition) is 4. The van der Waals surface area contributed by atoms with Gasteiger partial charge >= 0.3 is 5.97 Å². The maximum absolute atomic E-state index is 12.7. The van der Waals surface area contributed by atoms with Gasteiger partial charge in [-0.15, -0.1) is 0 Å². The Bertz CT molecular complexity index is 891. The highest BCUT2D eigenvalue weighted by molar-refractivity contribution is 6.07. The van der Waals surface area contributed by atoms with Gasteiger partial charge in [0.2, 0.25) is 0 Å². The van der Waals surface area contributed by atoms with Gasteiger partial charge in [0.05, 0.1) is 23.9 Å². The summed E-state index contributed by atoms with van der Waals surface area (Å²) in [7, 11) is 3.43. The summed E-state index contributed by atoms with van der Waals surface area (Å²) >= 11 is 0. The molecule has 1 heterocycles. The van der Waals surface area contributed by atoms with Crippen molar-refractivity contribution >= 4 is 16.9 Å². The van der Waals surface area contributed by atoms with Crippen LogP contribution in [-0.4, -0.2) is 36.6 Å². The average molecular weight is 334 g/mol. The number of carbonyl (C=O) groups excluding carboxylic acids is 1. The van der Waals surface area contributed by atoms with E-state index < -0.39 is 0 Å². The van der Waals surface area contributed by atoms with E-state index in [1.165, 1.54) is 7.11 Å². The summed E-state index contributed by atoms with van der Waals surface area (Å²) < 4.78 is 5.11. The van der Waals surface area contributed by atoms with Gasteiger partial charge in [-0.3, -0.25) is 4.98 Å². The van der Waals surface area contributed by atoms with Gasteiger partial charge in [0.15, 0.2) is 0 Å².